The molecule has 1 heterocycles. The number of hydrogen-bond donors (Lipinski definition) is 2. The van der Waals surface area contributed by atoms with Gasteiger partial charge in [-0.05, 0) is 44.9 Å². The van der Waals surface area contributed by atoms with Gasteiger partial charge in [-0.2, -0.15) is 0 Å². The van der Waals surface area contributed by atoms with Crippen molar-refractivity contribution in [1.29, 1.82) is 0 Å². The summed E-state index contributed by atoms with van der Waals surface area (Å²) in [6, 6.07) is 0.289. The molecule has 1 amide bonds. The first-order valence-corrected chi connectivity index (χ1v) is 6.73. The molecule has 2 aliphatic carbocycles. The van der Waals surface area contributed by atoms with Crippen molar-refractivity contribution in [2.75, 3.05) is 0 Å². The highest BCUT2D eigenvalue weighted by atomic mass is 16.1. The van der Waals surface area contributed by atoms with Gasteiger partial charge in [0.05, 0.1) is 17.6 Å². The number of carbonyl (C=O) groups is 1. The van der Waals surface area contributed by atoms with Gasteiger partial charge in [0.15, 0.2) is 0 Å². The maximum Gasteiger partial charge on any atom is 0.237 e. The fourth-order valence-corrected chi connectivity index (χ4v) is 3.32. The number of amides is 1. The summed E-state index contributed by atoms with van der Waals surface area (Å²) < 4.78 is 2.24. The Morgan fingerprint density at radius 3 is 2.94 bits per heavy atom. The molecule has 2 aliphatic rings. The van der Waals surface area contributed by atoms with E-state index in [-0.39, 0.29) is 11.9 Å². The number of nitrogens with zero attached hydrogens (tertiary/aromatic N) is 2. The lowest BCUT2D eigenvalue weighted by molar-refractivity contribution is -0.123. The number of nitrogens with two attached hydrogens (primary N) is 2. The van der Waals surface area contributed by atoms with Gasteiger partial charge in [0.2, 0.25) is 5.91 Å². The molecule has 1 aromatic rings. The van der Waals surface area contributed by atoms with E-state index in [2.05, 4.69) is 9.55 Å². The van der Waals surface area contributed by atoms with Crippen molar-refractivity contribution in [2.24, 2.45) is 11.5 Å². The normalized spacial score (nSPS) is 31.3. The second-order valence-corrected chi connectivity index (χ2v) is 5.67. The SMILES string of the molecule is NC(=O)C1(N)CCC(n2cnc3c2CCCC3)C1. The second-order valence-electron chi connectivity index (χ2n) is 5.67. The van der Waals surface area contributed by atoms with Gasteiger partial charge in [0.1, 0.15) is 0 Å². The summed E-state index contributed by atoms with van der Waals surface area (Å²) in [7, 11) is 0. The predicted molar refractivity (Wildman–Crippen MR) is 67.9 cm³/mol. The Labute approximate surface area is 107 Å². The minimum atomic E-state index is -0.823. The van der Waals surface area contributed by atoms with Crippen LogP contribution < -0.4 is 11.5 Å². The third kappa shape index (κ3) is 1.73. The Bertz CT molecular complexity index is 481. The third-order valence-corrected chi connectivity index (χ3v) is 4.47. The molecule has 1 aromatic heterocycles. The highest BCUT2D eigenvalue weighted by Gasteiger charge is 2.41. The van der Waals surface area contributed by atoms with Crippen LogP contribution in [-0.2, 0) is 17.6 Å². The molecule has 0 aromatic carbocycles. The van der Waals surface area contributed by atoms with E-state index in [1.165, 1.54) is 24.2 Å². The van der Waals surface area contributed by atoms with Crippen LogP contribution in [0.25, 0.3) is 0 Å². The Morgan fingerprint density at radius 1 is 1.44 bits per heavy atom. The van der Waals surface area contributed by atoms with Crippen molar-refractivity contribution in [1.82, 2.24) is 9.55 Å². The number of aromatic nitrogens is 2. The zero-order chi connectivity index (χ0) is 12.8. The molecule has 0 radical (unpaired) electrons. The summed E-state index contributed by atoms with van der Waals surface area (Å²) in [5, 5.41) is 0. The van der Waals surface area contributed by atoms with Crippen molar-refractivity contribution in [3.8, 4) is 0 Å². The van der Waals surface area contributed by atoms with Crippen LogP contribution in [0.2, 0.25) is 0 Å². The maximum absolute atomic E-state index is 11.4. The molecule has 1 saturated carbocycles. The van der Waals surface area contributed by atoms with Gasteiger partial charge in [0.25, 0.3) is 0 Å². The largest absolute Gasteiger partial charge is 0.368 e. The molecule has 4 N–H and O–H groups in total. The lowest BCUT2D eigenvalue weighted by Crippen LogP contribution is -2.49. The number of carbonyl (C=O) groups excluding carboxylic acids is 1. The highest BCUT2D eigenvalue weighted by molar-refractivity contribution is 5.84. The molecule has 5 heteroatoms. The Balaban J connectivity index is 1.85. The van der Waals surface area contributed by atoms with Crippen molar-refractivity contribution in [3.63, 3.8) is 0 Å². The number of hydrogen-bond acceptors (Lipinski definition) is 3. The van der Waals surface area contributed by atoms with Crippen molar-refractivity contribution >= 4 is 5.91 Å². The van der Waals surface area contributed by atoms with E-state index >= 15 is 0 Å². The van der Waals surface area contributed by atoms with E-state index in [0.29, 0.717) is 12.8 Å². The maximum atomic E-state index is 11.4. The van der Waals surface area contributed by atoms with Gasteiger partial charge in [-0.15, -0.1) is 0 Å². The predicted octanol–water partition coefficient (Wildman–Crippen LogP) is 0.670. The molecule has 5 nitrogen and oxygen atoms in total. The Hall–Kier alpha value is -1.36. The Kier molecular flexibility index (Phi) is 2.66. The first-order chi connectivity index (χ1) is 8.60. The smallest absolute Gasteiger partial charge is 0.237 e. The van der Waals surface area contributed by atoms with Crippen LogP contribution in [0.5, 0.6) is 0 Å². The van der Waals surface area contributed by atoms with Gasteiger partial charge in [-0.1, -0.05) is 0 Å². The average molecular weight is 248 g/mol. The van der Waals surface area contributed by atoms with Gasteiger partial charge in [-0.3, -0.25) is 4.79 Å². The summed E-state index contributed by atoms with van der Waals surface area (Å²) in [6.07, 6.45) is 8.81. The van der Waals surface area contributed by atoms with Crippen molar-refractivity contribution < 1.29 is 4.79 Å². The lowest BCUT2D eigenvalue weighted by atomic mass is 9.97. The minimum Gasteiger partial charge on any atom is -0.368 e. The average Bonchev–Trinajstić information content (AvgIpc) is 2.93. The summed E-state index contributed by atoms with van der Waals surface area (Å²) in [5.74, 6) is -0.376. The van der Waals surface area contributed by atoms with E-state index < -0.39 is 5.54 Å². The van der Waals surface area contributed by atoms with E-state index in [4.69, 9.17) is 11.5 Å². The molecule has 0 spiro atoms. The molecule has 3 rings (SSSR count). The van der Waals surface area contributed by atoms with Crippen LogP contribution in [0.15, 0.2) is 6.33 Å². The summed E-state index contributed by atoms with van der Waals surface area (Å²) in [5.41, 5.74) is 13.2. The van der Waals surface area contributed by atoms with E-state index in [1.807, 2.05) is 6.33 Å². The zero-order valence-corrected chi connectivity index (χ0v) is 10.6. The molecule has 18 heavy (non-hydrogen) atoms. The molecule has 0 bridgehead atoms. The van der Waals surface area contributed by atoms with Gasteiger partial charge in [0, 0.05) is 11.7 Å². The second kappa shape index (κ2) is 4.09. The fraction of sp³-hybridized carbons (Fsp3) is 0.692. The topological polar surface area (TPSA) is 86.9 Å². The molecule has 0 aliphatic heterocycles. The monoisotopic (exact) mass is 248 g/mol. The third-order valence-electron chi connectivity index (χ3n) is 4.47. The first-order valence-electron chi connectivity index (χ1n) is 6.73. The highest BCUT2D eigenvalue weighted by Crippen LogP contribution is 2.38. The first kappa shape index (κ1) is 11.7. The fourth-order valence-electron chi connectivity index (χ4n) is 3.32. The summed E-state index contributed by atoms with van der Waals surface area (Å²) >= 11 is 0. The molecular formula is C13H20N4O. The van der Waals surface area contributed by atoms with Gasteiger partial charge >= 0.3 is 0 Å². The van der Waals surface area contributed by atoms with Gasteiger partial charge < -0.3 is 16.0 Å². The quantitative estimate of drug-likeness (QED) is 0.806. The molecule has 2 unspecified atom stereocenters. The van der Waals surface area contributed by atoms with Crippen LogP contribution in [0.1, 0.15) is 49.5 Å². The molecule has 2 atom stereocenters. The number of aryl methyl sites for hydroxylation is 1. The molecular weight excluding hydrogens is 228 g/mol. The molecule has 98 valence electrons. The summed E-state index contributed by atoms with van der Waals surface area (Å²) in [4.78, 5) is 15.9. The zero-order valence-electron chi connectivity index (χ0n) is 10.6. The van der Waals surface area contributed by atoms with Crippen LogP contribution in [0.4, 0.5) is 0 Å². The molecule has 1 fully saturated rings. The van der Waals surface area contributed by atoms with E-state index in [9.17, 15) is 4.79 Å². The number of primary amides is 1. The van der Waals surface area contributed by atoms with Crippen LogP contribution in [0.3, 0.4) is 0 Å². The number of imidazole rings is 1. The number of rotatable bonds is 2. The minimum absolute atomic E-state index is 0.289. The van der Waals surface area contributed by atoms with Gasteiger partial charge in [-0.25, -0.2) is 4.98 Å². The van der Waals surface area contributed by atoms with Crippen LogP contribution in [-0.4, -0.2) is 21.0 Å². The summed E-state index contributed by atoms with van der Waals surface area (Å²) in [6.45, 7) is 0. The van der Waals surface area contributed by atoms with E-state index in [0.717, 1.165) is 19.3 Å². The number of fused-ring (bicyclic) bond motifs is 1. The van der Waals surface area contributed by atoms with Crippen LogP contribution >= 0.6 is 0 Å². The lowest BCUT2D eigenvalue weighted by Gasteiger charge is -2.22. The molecule has 0 saturated heterocycles. The van der Waals surface area contributed by atoms with E-state index in [1.54, 1.807) is 0 Å². The standard InChI is InChI=1S/C13H20N4O/c14-12(18)13(15)6-5-9(7-13)17-8-16-10-3-1-2-4-11(10)17/h8-9H,1-7,15H2,(H2,14,18). The Morgan fingerprint density at radius 2 is 2.22 bits per heavy atom. The van der Waals surface area contributed by atoms with Crippen LogP contribution in [0, 0.1) is 0 Å². The van der Waals surface area contributed by atoms with Crippen molar-refractivity contribution in [3.05, 3.63) is 17.7 Å². The van der Waals surface area contributed by atoms with Crippen molar-refractivity contribution in [2.45, 2.75) is 56.5 Å².